The lowest BCUT2D eigenvalue weighted by Crippen LogP contribution is -2.03. The molecule has 0 saturated heterocycles. The molecule has 2 aromatic rings. The molecular formula is C12H16ClN3. The van der Waals surface area contributed by atoms with E-state index in [9.17, 15) is 0 Å². The van der Waals surface area contributed by atoms with Crippen LogP contribution >= 0.6 is 11.6 Å². The molecule has 0 bridgehead atoms. The quantitative estimate of drug-likeness (QED) is 0.802. The van der Waals surface area contributed by atoms with E-state index in [1.54, 1.807) is 0 Å². The number of aromatic nitrogens is 3. The first-order valence-corrected chi connectivity index (χ1v) is 5.94. The fourth-order valence-corrected chi connectivity index (χ4v) is 1.96. The molecule has 0 fully saturated rings. The highest BCUT2D eigenvalue weighted by atomic mass is 35.5. The van der Waals surface area contributed by atoms with Crippen molar-refractivity contribution in [1.29, 1.82) is 0 Å². The van der Waals surface area contributed by atoms with Crippen LogP contribution in [0.5, 0.6) is 0 Å². The molecule has 0 aliphatic carbocycles. The Morgan fingerprint density at radius 2 is 2.06 bits per heavy atom. The fraction of sp³-hybridized carbons (Fsp3) is 0.500. The fourth-order valence-electron chi connectivity index (χ4n) is 1.77. The van der Waals surface area contributed by atoms with Gasteiger partial charge in [-0.3, -0.25) is 0 Å². The van der Waals surface area contributed by atoms with Crippen LogP contribution in [0.25, 0.3) is 11.0 Å². The molecule has 0 N–H and O–H groups in total. The van der Waals surface area contributed by atoms with Gasteiger partial charge in [-0.05, 0) is 12.5 Å². The summed E-state index contributed by atoms with van der Waals surface area (Å²) in [5.74, 6) is 1.23. The first-order chi connectivity index (χ1) is 7.54. The average molecular weight is 238 g/mol. The van der Waals surface area contributed by atoms with Crippen LogP contribution in [-0.2, 0) is 13.5 Å². The van der Waals surface area contributed by atoms with E-state index < -0.39 is 0 Å². The average Bonchev–Trinajstić information content (AvgIpc) is 2.54. The first-order valence-electron chi connectivity index (χ1n) is 5.56. The second kappa shape index (κ2) is 4.06. The zero-order valence-corrected chi connectivity index (χ0v) is 10.8. The van der Waals surface area contributed by atoms with E-state index in [2.05, 4.69) is 30.7 Å². The van der Waals surface area contributed by atoms with Gasteiger partial charge in [0.25, 0.3) is 0 Å². The van der Waals surface area contributed by atoms with Gasteiger partial charge in [0, 0.05) is 18.4 Å². The van der Waals surface area contributed by atoms with Crippen molar-refractivity contribution in [2.75, 3.05) is 0 Å². The lowest BCUT2D eigenvalue weighted by atomic mass is 10.1. The Kier molecular flexibility index (Phi) is 2.89. The van der Waals surface area contributed by atoms with Crippen molar-refractivity contribution >= 4 is 22.6 Å². The summed E-state index contributed by atoms with van der Waals surface area (Å²) >= 11 is 6.11. The Hall–Kier alpha value is -1.09. The minimum Gasteiger partial charge on any atom is -0.319 e. The summed E-state index contributed by atoms with van der Waals surface area (Å²) in [4.78, 5) is 9.16. The van der Waals surface area contributed by atoms with Crippen molar-refractivity contribution in [3.8, 4) is 0 Å². The smallest absolute Gasteiger partial charge is 0.144 e. The predicted octanol–water partition coefficient (Wildman–Crippen LogP) is 3.31. The molecule has 0 aromatic carbocycles. The third-order valence-electron chi connectivity index (χ3n) is 2.77. The van der Waals surface area contributed by atoms with Gasteiger partial charge in [-0.1, -0.05) is 32.4 Å². The second-order valence-corrected chi connectivity index (χ2v) is 4.69. The Morgan fingerprint density at radius 1 is 1.38 bits per heavy atom. The van der Waals surface area contributed by atoms with Gasteiger partial charge < -0.3 is 4.57 Å². The van der Waals surface area contributed by atoms with Gasteiger partial charge in [-0.15, -0.1) is 0 Å². The summed E-state index contributed by atoms with van der Waals surface area (Å²) in [6.07, 6.45) is 0.902. The molecule has 2 aromatic heterocycles. The number of hydrogen-bond donors (Lipinski definition) is 0. The van der Waals surface area contributed by atoms with Crippen LogP contribution in [0.1, 0.15) is 38.2 Å². The minimum atomic E-state index is 0.336. The van der Waals surface area contributed by atoms with Crippen molar-refractivity contribution in [3.63, 3.8) is 0 Å². The van der Waals surface area contributed by atoms with Crippen LogP contribution in [0.15, 0.2) is 6.07 Å². The van der Waals surface area contributed by atoms with Crippen molar-refractivity contribution < 1.29 is 0 Å². The highest BCUT2D eigenvalue weighted by Gasteiger charge is 2.13. The third kappa shape index (κ3) is 1.69. The SMILES string of the molecule is CCc1nc(C(C)C)nc2c1cc(Cl)n2C. The number of aryl methyl sites for hydroxylation is 2. The maximum absolute atomic E-state index is 6.11. The largest absolute Gasteiger partial charge is 0.319 e. The number of hydrogen-bond acceptors (Lipinski definition) is 2. The van der Waals surface area contributed by atoms with Gasteiger partial charge in [0.1, 0.15) is 16.6 Å². The molecule has 16 heavy (non-hydrogen) atoms. The molecule has 0 spiro atoms. The standard InChI is InChI=1S/C12H16ClN3/c1-5-9-8-6-10(13)16(4)12(8)15-11(14-9)7(2)3/h6-7H,5H2,1-4H3. The molecule has 2 rings (SSSR count). The first kappa shape index (κ1) is 11.4. The zero-order chi connectivity index (χ0) is 11.9. The van der Waals surface area contributed by atoms with Crippen molar-refractivity contribution in [2.24, 2.45) is 7.05 Å². The summed E-state index contributed by atoms with van der Waals surface area (Å²) in [5, 5.41) is 1.78. The topological polar surface area (TPSA) is 30.7 Å². The van der Waals surface area contributed by atoms with E-state index >= 15 is 0 Å². The molecule has 2 heterocycles. The van der Waals surface area contributed by atoms with E-state index in [1.807, 2.05) is 17.7 Å². The number of fused-ring (bicyclic) bond motifs is 1. The molecule has 0 amide bonds. The Morgan fingerprint density at radius 3 is 2.62 bits per heavy atom. The lowest BCUT2D eigenvalue weighted by molar-refractivity contribution is 0.762. The second-order valence-electron chi connectivity index (χ2n) is 4.30. The molecular weight excluding hydrogens is 222 g/mol. The van der Waals surface area contributed by atoms with Gasteiger partial charge in [0.2, 0.25) is 0 Å². The van der Waals surface area contributed by atoms with Crippen LogP contribution in [0.4, 0.5) is 0 Å². The molecule has 0 aliphatic heterocycles. The van der Waals surface area contributed by atoms with Gasteiger partial charge >= 0.3 is 0 Å². The van der Waals surface area contributed by atoms with E-state index in [-0.39, 0.29) is 0 Å². The van der Waals surface area contributed by atoms with Gasteiger partial charge in [-0.2, -0.15) is 0 Å². The Bertz CT molecular complexity index is 529. The van der Waals surface area contributed by atoms with Gasteiger partial charge in [0.05, 0.1) is 5.69 Å². The van der Waals surface area contributed by atoms with E-state index in [4.69, 9.17) is 11.6 Å². The molecule has 86 valence electrons. The van der Waals surface area contributed by atoms with Crippen LogP contribution < -0.4 is 0 Å². The molecule has 0 unspecified atom stereocenters. The van der Waals surface area contributed by atoms with E-state index in [0.717, 1.165) is 29.0 Å². The van der Waals surface area contributed by atoms with E-state index in [0.29, 0.717) is 11.1 Å². The van der Waals surface area contributed by atoms with Crippen LogP contribution in [-0.4, -0.2) is 14.5 Å². The molecule has 0 atom stereocenters. The van der Waals surface area contributed by atoms with Crippen LogP contribution in [0.2, 0.25) is 5.15 Å². The van der Waals surface area contributed by atoms with E-state index in [1.165, 1.54) is 0 Å². The maximum atomic E-state index is 6.11. The lowest BCUT2D eigenvalue weighted by Gasteiger charge is -2.07. The summed E-state index contributed by atoms with van der Waals surface area (Å²) in [7, 11) is 1.93. The molecule has 4 heteroatoms. The Labute approximate surface area is 100 Å². The van der Waals surface area contributed by atoms with Gasteiger partial charge in [-0.25, -0.2) is 9.97 Å². The maximum Gasteiger partial charge on any atom is 0.144 e. The molecule has 0 radical (unpaired) electrons. The predicted molar refractivity (Wildman–Crippen MR) is 67.0 cm³/mol. The van der Waals surface area contributed by atoms with Crippen molar-refractivity contribution in [1.82, 2.24) is 14.5 Å². The minimum absolute atomic E-state index is 0.336. The molecule has 3 nitrogen and oxygen atoms in total. The Balaban J connectivity index is 2.79. The number of nitrogens with zero attached hydrogens (tertiary/aromatic N) is 3. The zero-order valence-electron chi connectivity index (χ0n) is 10.1. The summed E-state index contributed by atoms with van der Waals surface area (Å²) in [5.41, 5.74) is 2.01. The van der Waals surface area contributed by atoms with Crippen LogP contribution in [0.3, 0.4) is 0 Å². The number of rotatable bonds is 2. The number of halogens is 1. The highest BCUT2D eigenvalue weighted by Crippen LogP contribution is 2.25. The molecule has 0 aliphatic rings. The van der Waals surface area contributed by atoms with Crippen molar-refractivity contribution in [3.05, 3.63) is 22.7 Å². The summed E-state index contributed by atoms with van der Waals surface area (Å²) < 4.78 is 1.91. The monoisotopic (exact) mass is 237 g/mol. The van der Waals surface area contributed by atoms with Crippen LogP contribution in [0, 0.1) is 0 Å². The van der Waals surface area contributed by atoms with Gasteiger partial charge in [0.15, 0.2) is 0 Å². The molecule has 0 saturated carbocycles. The van der Waals surface area contributed by atoms with Crippen molar-refractivity contribution in [2.45, 2.75) is 33.1 Å². The summed E-state index contributed by atoms with van der Waals surface area (Å²) in [6.45, 7) is 6.31. The third-order valence-corrected chi connectivity index (χ3v) is 3.14. The summed E-state index contributed by atoms with van der Waals surface area (Å²) in [6, 6.07) is 1.94. The highest BCUT2D eigenvalue weighted by molar-refractivity contribution is 6.30. The normalized spacial score (nSPS) is 11.6.